The maximum absolute atomic E-state index is 11.3. The first-order valence-corrected chi connectivity index (χ1v) is 6.39. The van der Waals surface area contributed by atoms with Crippen LogP contribution in [0.25, 0.3) is 11.0 Å². The van der Waals surface area contributed by atoms with E-state index in [9.17, 15) is 9.59 Å². The lowest BCUT2D eigenvalue weighted by molar-refractivity contribution is 0.204. The van der Waals surface area contributed by atoms with E-state index in [2.05, 4.69) is 11.0 Å². The predicted octanol–water partition coefficient (Wildman–Crippen LogP) is 0.794. The Morgan fingerprint density at radius 1 is 1.25 bits per heavy atom. The van der Waals surface area contributed by atoms with E-state index in [1.165, 1.54) is 0 Å². The smallest absolute Gasteiger partial charge is 0.344 e. The summed E-state index contributed by atoms with van der Waals surface area (Å²) in [5.41, 5.74) is 6.20. The summed E-state index contributed by atoms with van der Waals surface area (Å²) in [6.45, 7) is 2.44. The zero-order chi connectivity index (χ0) is 14.1. The van der Waals surface area contributed by atoms with Crippen LogP contribution in [0.5, 0.6) is 0 Å². The third-order valence-electron chi connectivity index (χ3n) is 3.50. The number of fused-ring (bicyclic) bond motifs is 1. The van der Waals surface area contributed by atoms with Crippen LogP contribution in [0.2, 0.25) is 0 Å². The first-order chi connectivity index (χ1) is 9.65. The third-order valence-corrected chi connectivity index (χ3v) is 3.50. The Kier molecular flexibility index (Phi) is 3.06. The van der Waals surface area contributed by atoms with Crippen LogP contribution in [0.15, 0.2) is 33.5 Å². The number of rotatable bonds is 1. The van der Waals surface area contributed by atoms with Gasteiger partial charge in [-0.05, 0) is 12.1 Å². The van der Waals surface area contributed by atoms with Gasteiger partial charge in [0.05, 0.1) is 11.8 Å². The lowest BCUT2D eigenvalue weighted by atomic mass is 10.2. The number of nitrogens with zero attached hydrogens (tertiary/aromatic N) is 2. The summed E-state index contributed by atoms with van der Waals surface area (Å²) in [4.78, 5) is 26.2. The number of nitrogens with two attached hydrogens (primary N) is 1. The van der Waals surface area contributed by atoms with Crippen molar-refractivity contribution in [2.24, 2.45) is 5.73 Å². The van der Waals surface area contributed by atoms with Crippen molar-refractivity contribution in [2.45, 2.75) is 0 Å². The van der Waals surface area contributed by atoms with Crippen molar-refractivity contribution in [3.63, 3.8) is 0 Å². The summed E-state index contributed by atoms with van der Waals surface area (Å²) < 4.78 is 5.26. The predicted molar refractivity (Wildman–Crippen MR) is 74.7 cm³/mol. The van der Waals surface area contributed by atoms with Crippen LogP contribution in [-0.4, -0.2) is 37.1 Å². The van der Waals surface area contributed by atoms with Crippen LogP contribution in [-0.2, 0) is 0 Å². The number of amides is 2. The number of urea groups is 1. The number of primary amides is 1. The van der Waals surface area contributed by atoms with Gasteiger partial charge in [-0.25, -0.2) is 9.59 Å². The fourth-order valence-electron chi connectivity index (χ4n) is 2.44. The van der Waals surface area contributed by atoms with Gasteiger partial charge >= 0.3 is 11.7 Å². The fourth-order valence-corrected chi connectivity index (χ4v) is 2.44. The number of hydrogen-bond donors (Lipinski definition) is 1. The van der Waals surface area contributed by atoms with E-state index in [-0.39, 0.29) is 0 Å². The number of piperazine rings is 1. The van der Waals surface area contributed by atoms with Crippen LogP contribution < -0.4 is 16.3 Å². The molecule has 0 unspecified atom stereocenters. The number of benzene rings is 1. The summed E-state index contributed by atoms with van der Waals surface area (Å²) in [5.74, 6) is 0. The monoisotopic (exact) mass is 272 g/mol. The van der Waals surface area contributed by atoms with E-state index < -0.39 is 11.7 Å². The fraction of sp³-hybridized carbons (Fsp3) is 0.286. The molecule has 6 heteroatoms. The molecule has 1 saturated heterocycles. The van der Waals surface area contributed by atoms with Crippen LogP contribution in [0.4, 0.5) is 10.5 Å². The third kappa shape index (κ3) is 2.20. The Morgan fingerprint density at radius 3 is 2.70 bits per heavy atom. The average molecular weight is 272 g/mol. The first kappa shape index (κ1) is 12.5. The number of para-hydroxylation sites is 1. The molecule has 0 atom stereocenters. The highest BCUT2D eigenvalue weighted by Gasteiger charge is 2.21. The van der Waals surface area contributed by atoms with Crippen molar-refractivity contribution in [2.75, 3.05) is 31.1 Å². The maximum atomic E-state index is 11.3. The minimum atomic E-state index is -0.485. The SMILES string of the molecule is NC(=O)N1CCN(c2cccc3c[c]c(=O)oc23)CC1. The molecular formula is C14H14N3O3. The van der Waals surface area contributed by atoms with Crippen LogP contribution in [0.3, 0.4) is 0 Å². The van der Waals surface area contributed by atoms with Gasteiger partial charge in [0.15, 0.2) is 5.58 Å². The van der Waals surface area contributed by atoms with Gasteiger partial charge in [-0.15, -0.1) is 0 Å². The highest BCUT2D eigenvalue weighted by molar-refractivity contribution is 5.89. The maximum Gasteiger partial charge on any atom is 0.344 e. The van der Waals surface area contributed by atoms with Gasteiger partial charge < -0.3 is 20.0 Å². The molecule has 20 heavy (non-hydrogen) atoms. The molecule has 2 amide bonds. The molecule has 1 aromatic heterocycles. The van der Waals surface area contributed by atoms with Gasteiger partial charge in [0, 0.05) is 31.6 Å². The molecule has 1 fully saturated rings. The van der Waals surface area contributed by atoms with Crippen molar-refractivity contribution in [3.05, 3.63) is 40.8 Å². The molecule has 2 aromatic rings. The van der Waals surface area contributed by atoms with Gasteiger partial charge in [-0.3, -0.25) is 0 Å². The second-order valence-corrected chi connectivity index (χ2v) is 4.69. The molecule has 3 rings (SSSR count). The topological polar surface area (TPSA) is 79.8 Å². The van der Waals surface area contributed by atoms with E-state index in [0.717, 1.165) is 11.1 Å². The molecule has 2 heterocycles. The largest absolute Gasteiger partial charge is 0.420 e. The number of carbonyl (C=O) groups is 1. The second-order valence-electron chi connectivity index (χ2n) is 4.69. The molecular weight excluding hydrogens is 258 g/mol. The van der Waals surface area contributed by atoms with Gasteiger partial charge in [0.25, 0.3) is 0 Å². The highest BCUT2D eigenvalue weighted by atomic mass is 16.4. The quantitative estimate of drug-likeness (QED) is 0.778. The van der Waals surface area contributed by atoms with Crippen molar-refractivity contribution < 1.29 is 9.21 Å². The standard InChI is InChI=1S/C14H14N3O3/c15-14(19)17-8-6-16(7-9-17)11-3-1-2-10-4-5-12(18)20-13(10)11/h1-4H,6-9H2,(H2,15,19). The molecule has 1 aliphatic heterocycles. The zero-order valence-electron chi connectivity index (χ0n) is 10.8. The van der Waals surface area contributed by atoms with Gasteiger partial charge in [0.2, 0.25) is 0 Å². The molecule has 1 aromatic carbocycles. The van der Waals surface area contributed by atoms with Crippen LogP contribution in [0, 0.1) is 6.07 Å². The Balaban J connectivity index is 1.93. The molecule has 1 aliphatic rings. The first-order valence-electron chi connectivity index (χ1n) is 6.39. The van der Waals surface area contributed by atoms with E-state index in [1.807, 2.05) is 18.2 Å². The Bertz CT molecular complexity index is 702. The molecule has 1 radical (unpaired) electrons. The summed E-state index contributed by atoms with van der Waals surface area (Å²) in [6, 6.07) is 9.44. The Morgan fingerprint density at radius 2 is 2.00 bits per heavy atom. The Hall–Kier alpha value is -2.50. The summed E-state index contributed by atoms with van der Waals surface area (Å²) >= 11 is 0. The second kappa shape index (κ2) is 4.88. The van der Waals surface area contributed by atoms with Crippen LogP contribution >= 0.6 is 0 Å². The molecule has 6 nitrogen and oxygen atoms in total. The minimum Gasteiger partial charge on any atom is -0.420 e. The van der Waals surface area contributed by atoms with Gasteiger partial charge in [-0.2, -0.15) is 0 Å². The minimum absolute atomic E-state index is 0.399. The average Bonchev–Trinajstić information content (AvgIpc) is 2.46. The molecule has 2 N–H and O–H groups in total. The molecule has 103 valence electrons. The van der Waals surface area contributed by atoms with Crippen LogP contribution in [0.1, 0.15) is 0 Å². The van der Waals surface area contributed by atoms with Crippen molar-refractivity contribution >= 4 is 22.7 Å². The summed E-state index contributed by atoms with van der Waals surface area (Å²) in [5, 5.41) is 0.833. The number of anilines is 1. The summed E-state index contributed by atoms with van der Waals surface area (Å²) in [6.07, 6.45) is 0. The molecule has 0 aliphatic carbocycles. The van der Waals surface area contributed by atoms with Crippen molar-refractivity contribution in [1.82, 2.24) is 4.90 Å². The van der Waals surface area contributed by atoms with Crippen molar-refractivity contribution in [1.29, 1.82) is 0 Å². The summed E-state index contributed by atoms with van der Waals surface area (Å²) in [7, 11) is 0. The normalized spacial score (nSPS) is 15.6. The van der Waals surface area contributed by atoms with E-state index >= 15 is 0 Å². The van der Waals surface area contributed by atoms with Crippen molar-refractivity contribution in [3.8, 4) is 0 Å². The van der Waals surface area contributed by atoms with E-state index in [4.69, 9.17) is 10.2 Å². The molecule has 0 spiro atoms. The lowest BCUT2D eigenvalue weighted by Crippen LogP contribution is -2.50. The molecule has 0 saturated carbocycles. The lowest BCUT2D eigenvalue weighted by Gasteiger charge is -2.35. The Labute approximate surface area is 115 Å². The van der Waals surface area contributed by atoms with Gasteiger partial charge in [0.1, 0.15) is 0 Å². The highest BCUT2D eigenvalue weighted by Crippen LogP contribution is 2.26. The number of carbonyl (C=O) groups excluding carboxylic acids is 1. The van der Waals surface area contributed by atoms with E-state index in [0.29, 0.717) is 31.8 Å². The van der Waals surface area contributed by atoms with Gasteiger partial charge in [-0.1, -0.05) is 12.1 Å². The number of hydrogen-bond acceptors (Lipinski definition) is 4. The van der Waals surface area contributed by atoms with E-state index in [1.54, 1.807) is 11.0 Å². The molecule has 0 bridgehead atoms. The zero-order valence-corrected chi connectivity index (χ0v) is 10.8.